The number of methoxy groups -OCH3 is 1. The zero-order valence-corrected chi connectivity index (χ0v) is 18.9. The number of Topliss-reactive ketones (excluding diaryl/α,β-unsaturated/α-hetero) is 1. The molecule has 0 bridgehead atoms. The lowest BCUT2D eigenvalue weighted by atomic mass is 9.94. The Bertz CT molecular complexity index is 1070. The first-order valence-corrected chi connectivity index (χ1v) is 11.4. The number of benzene rings is 1. The summed E-state index contributed by atoms with van der Waals surface area (Å²) in [5, 5.41) is 0.244. The third kappa shape index (κ3) is 5.18. The number of likely N-dealkylation sites (tertiary alicyclic amines) is 1. The lowest BCUT2D eigenvalue weighted by Gasteiger charge is -2.39. The minimum atomic E-state index is -0.527. The molecular formula is C22H26FN3O5S. The van der Waals surface area contributed by atoms with Crippen LogP contribution in [0.15, 0.2) is 40.8 Å². The first kappa shape index (κ1) is 23.9. The van der Waals surface area contributed by atoms with Crippen LogP contribution in [0.25, 0.3) is 10.9 Å². The quantitative estimate of drug-likeness (QED) is 0.439. The molecule has 32 heavy (non-hydrogen) atoms. The van der Waals surface area contributed by atoms with Crippen LogP contribution < -0.4 is 5.56 Å². The second-order valence-electron chi connectivity index (χ2n) is 7.47. The molecule has 0 spiro atoms. The molecule has 2 atom stereocenters. The van der Waals surface area contributed by atoms with Gasteiger partial charge in [-0.1, -0.05) is 12.7 Å². The smallest absolute Gasteiger partial charge is 0.410 e. The third-order valence-corrected chi connectivity index (χ3v) is 6.21. The average Bonchev–Trinajstić information content (AvgIpc) is 2.79. The Balaban J connectivity index is 1.80. The van der Waals surface area contributed by atoms with Gasteiger partial charge in [0.15, 0.2) is 5.78 Å². The molecule has 0 saturated carbocycles. The van der Waals surface area contributed by atoms with Crippen molar-refractivity contribution in [3.8, 4) is 0 Å². The summed E-state index contributed by atoms with van der Waals surface area (Å²) in [5.74, 6) is -0.701. The van der Waals surface area contributed by atoms with E-state index in [-0.39, 0.29) is 42.4 Å². The minimum absolute atomic E-state index is 0.00561. The van der Waals surface area contributed by atoms with E-state index in [1.54, 1.807) is 13.4 Å². The van der Waals surface area contributed by atoms with Crippen LogP contribution in [0.4, 0.5) is 9.18 Å². The van der Waals surface area contributed by atoms with E-state index in [9.17, 15) is 18.8 Å². The normalized spacial score (nSPS) is 18.5. The van der Waals surface area contributed by atoms with Gasteiger partial charge in [-0.25, -0.2) is 14.2 Å². The monoisotopic (exact) mass is 463 g/mol. The molecule has 1 fully saturated rings. The third-order valence-electron chi connectivity index (χ3n) is 5.46. The lowest BCUT2D eigenvalue weighted by molar-refractivity contribution is -0.122. The Labute approximate surface area is 189 Å². The molecular weight excluding hydrogens is 437 g/mol. The zero-order valence-electron chi connectivity index (χ0n) is 18.1. The summed E-state index contributed by atoms with van der Waals surface area (Å²) in [7, 11) is 1.54. The Hall–Kier alpha value is -2.72. The number of halogens is 1. The minimum Gasteiger partial charge on any atom is -0.445 e. The van der Waals surface area contributed by atoms with E-state index in [0.29, 0.717) is 17.9 Å². The molecule has 3 rings (SSSR count). The van der Waals surface area contributed by atoms with Crippen LogP contribution in [0.3, 0.4) is 0 Å². The standard InChI is InChI=1S/C22H26FN3O5S/c1-4-8-31-22(29)26-7-5-6-19(30-2)18(26)9-14(27)12-25-13-24-17-11-16(23)20(32-3)10-15(17)21(25)28/h4,10-11,13,18-19H,1,5-9,12H2,2-3H3. The SMILES string of the molecule is C=CCOC(=O)N1CCCC(OC)C1CC(=O)Cn1cnc2cc(F)c(SC)cc2c1=O. The molecule has 1 amide bonds. The number of carbonyl (C=O) groups excluding carboxylic acids is 2. The van der Waals surface area contributed by atoms with Crippen LogP contribution in [0.2, 0.25) is 0 Å². The molecule has 172 valence electrons. The first-order valence-electron chi connectivity index (χ1n) is 10.2. The number of hydrogen-bond acceptors (Lipinski definition) is 7. The van der Waals surface area contributed by atoms with Gasteiger partial charge in [0.1, 0.15) is 12.4 Å². The van der Waals surface area contributed by atoms with Gasteiger partial charge < -0.3 is 14.4 Å². The molecule has 1 saturated heterocycles. The molecule has 0 N–H and O–H groups in total. The van der Waals surface area contributed by atoms with Crippen molar-refractivity contribution in [2.75, 3.05) is 26.5 Å². The number of ketones is 1. The van der Waals surface area contributed by atoms with Gasteiger partial charge in [-0.15, -0.1) is 11.8 Å². The van der Waals surface area contributed by atoms with Crippen molar-refractivity contribution in [2.45, 2.75) is 42.8 Å². The number of rotatable bonds is 8. The number of ether oxygens (including phenoxy) is 2. The van der Waals surface area contributed by atoms with Crippen LogP contribution in [0.1, 0.15) is 19.3 Å². The molecule has 1 aliphatic heterocycles. The molecule has 1 aliphatic rings. The highest BCUT2D eigenvalue weighted by Gasteiger charge is 2.36. The molecule has 0 aliphatic carbocycles. The van der Waals surface area contributed by atoms with Crippen LogP contribution in [-0.4, -0.2) is 65.0 Å². The number of hydrogen-bond donors (Lipinski definition) is 0. The maximum absolute atomic E-state index is 14.0. The molecule has 2 unspecified atom stereocenters. The zero-order chi connectivity index (χ0) is 23.3. The van der Waals surface area contributed by atoms with Crippen molar-refractivity contribution >= 4 is 34.5 Å². The summed E-state index contributed by atoms with van der Waals surface area (Å²) in [5.41, 5.74) is -0.190. The Kier molecular flexibility index (Phi) is 8.03. The maximum atomic E-state index is 14.0. The van der Waals surface area contributed by atoms with Crippen LogP contribution in [0, 0.1) is 5.82 Å². The van der Waals surface area contributed by atoms with Crippen molar-refractivity contribution in [1.29, 1.82) is 0 Å². The number of thioether (sulfide) groups is 1. The second-order valence-corrected chi connectivity index (χ2v) is 8.32. The highest BCUT2D eigenvalue weighted by Crippen LogP contribution is 2.25. The molecule has 0 radical (unpaired) electrons. The molecule has 1 aromatic heterocycles. The molecule has 8 nitrogen and oxygen atoms in total. The number of aromatic nitrogens is 2. The highest BCUT2D eigenvalue weighted by molar-refractivity contribution is 7.98. The summed E-state index contributed by atoms with van der Waals surface area (Å²) in [6.07, 6.45) is 5.03. The largest absolute Gasteiger partial charge is 0.445 e. The van der Waals surface area contributed by atoms with Crippen molar-refractivity contribution < 1.29 is 23.5 Å². The Morgan fingerprint density at radius 2 is 2.19 bits per heavy atom. The fourth-order valence-electron chi connectivity index (χ4n) is 3.90. The van der Waals surface area contributed by atoms with E-state index >= 15 is 0 Å². The van der Waals surface area contributed by atoms with E-state index in [4.69, 9.17) is 9.47 Å². The highest BCUT2D eigenvalue weighted by atomic mass is 32.2. The Morgan fingerprint density at radius 1 is 1.41 bits per heavy atom. The van der Waals surface area contributed by atoms with Gasteiger partial charge in [-0.05, 0) is 25.2 Å². The molecule has 10 heteroatoms. The molecule has 2 heterocycles. The van der Waals surface area contributed by atoms with Crippen LogP contribution in [-0.2, 0) is 20.8 Å². The Morgan fingerprint density at radius 3 is 2.88 bits per heavy atom. The number of carbonyl (C=O) groups is 2. The van der Waals surface area contributed by atoms with Crippen molar-refractivity contribution in [3.63, 3.8) is 0 Å². The number of piperidine rings is 1. The van der Waals surface area contributed by atoms with E-state index < -0.39 is 23.5 Å². The van der Waals surface area contributed by atoms with Gasteiger partial charge in [0, 0.05) is 31.0 Å². The lowest BCUT2D eigenvalue weighted by Crippen LogP contribution is -2.53. The molecule has 1 aromatic carbocycles. The summed E-state index contributed by atoms with van der Waals surface area (Å²) < 4.78 is 25.9. The second kappa shape index (κ2) is 10.7. The number of amides is 1. The van der Waals surface area contributed by atoms with Crippen molar-refractivity contribution in [1.82, 2.24) is 14.5 Å². The van der Waals surface area contributed by atoms with Gasteiger partial charge in [-0.2, -0.15) is 0 Å². The van der Waals surface area contributed by atoms with E-state index in [2.05, 4.69) is 11.6 Å². The van der Waals surface area contributed by atoms with Crippen molar-refractivity contribution in [2.24, 2.45) is 0 Å². The van der Waals surface area contributed by atoms with Gasteiger partial charge in [0.25, 0.3) is 5.56 Å². The summed E-state index contributed by atoms with van der Waals surface area (Å²) in [6, 6.07) is 2.16. The maximum Gasteiger partial charge on any atom is 0.410 e. The summed E-state index contributed by atoms with van der Waals surface area (Å²) in [4.78, 5) is 44.2. The van der Waals surface area contributed by atoms with Gasteiger partial charge >= 0.3 is 6.09 Å². The van der Waals surface area contributed by atoms with Gasteiger partial charge in [0.05, 0.1) is 35.9 Å². The van der Waals surface area contributed by atoms with E-state index in [1.165, 1.54) is 45.8 Å². The first-order chi connectivity index (χ1) is 15.4. The predicted molar refractivity (Wildman–Crippen MR) is 119 cm³/mol. The summed E-state index contributed by atoms with van der Waals surface area (Å²) in [6.45, 7) is 3.85. The van der Waals surface area contributed by atoms with Gasteiger partial charge in [-0.3, -0.25) is 14.2 Å². The number of fused-ring (bicyclic) bond motifs is 1. The van der Waals surface area contributed by atoms with Crippen LogP contribution >= 0.6 is 11.8 Å². The fourth-order valence-corrected chi connectivity index (χ4v) is 4.38. The van der Waals surface area contributed by atoms with Crippen LogP contribution in [0.5, 0.6) is 0 Å². The predicted octanol–water partition coefficient (Wildman–Crippen LogP) is 3.02. The molecule has 2 aromatic rings. The number of nitrogens with zero attached hydrogens (tertiary/aromatic N) is 3. The van der Waals surface area contributed by atoms with E-state index in [1.807, 2.05) is 0 Å². The summed E-state index contributed by atoms with van der Waals surface area (Å²) >= 11 is 1.19. The van der Waals surface area contributed by atoms with Gasteiger partial charge in [0.2, 0.25) is 0 Å². The van der Waals surface area contributed by atoms with Crippen molar-refractivity contribution in [3.05, 3.63) is 47.3 Å². The average molecular weight is 464 g/mol. The fraction of sp³-hybridized carbons (Fsp3) is 0.455. The topological polar surface area (TPSA) is 90.7 Å². The van der Waals surface area contributed by atoms with E-state index in [0.717, 1.165) is 6.42 Å².